The minimum atomic E-state index is -1.04. The summed E-state index contributed by atoms with van der Waals surface area (Å²) in [6.07, 6.45) is -1.14. The van der Waals surface area contributed by atoms with Crippen molar-refractivity contribution in [3.05, 3.63) is 48.0 Å². The molecule has 2 atom stereocenters. The Kier molecular flexibility index (Phi) is 7.47. The van der Waals surface area contributed by atoms with Crippen LogP contribution in [0.15, 0.2) is 36.4 Å². The molecule has 3 rings (SSSR count). The Hall–Kier alpha value is -3.40. The van der Waals surface area contributed by atoms with Crippen LogP contribution in [0.5, 0.6) is 17.2 Å². The monoisotopic (exact) mass is 450 g/mol. The van der Waals surface area contributed by atoms with E-state index in [4.69, 9.17) is 14.2 Å². The van der Waals surface area contributed by atoms with Gasteiger partial charge < -0.3 is 29.5 Å². The molecule has 1 aliphatic rings. The van der Waals surface area contributed by atoms with Crippen LogP contribution in [0, 0.1) is 17.6 Å². The topological polar surface area (TPSA) is 97.3 Å². The average molecular weight is 450 g/mol. The number of hydrogen-bond acceptors (Lipinski definition) is 6. The third-order valence-corrected chi connectivity index (χ3v) is 4.97. The molecule has 2 unspecified atom stereocenters. The van der Waals surface area contributed by atoms with Crippen LogP contribution < -0.4 is 24.4 Å². The van der Waals surface area contributed by atoms with E-state index in [1.165, 1.54) is 19.1 Å². The molecule has 0 spiro atoms. The number of ether oxygens (including phenoxy) is 3. The number of aliphatic hydroxyl groups excluding tert-OH is 1. The first-order valence-corrected chi connectivity index (χ1v) is 9.88. The quantitative estimate of drug-likeness (QED) is 0.606. The summed E-state index contributed by atoms with van der Waals surface area (Å²) in [5.74, 6) is -2.02. The van der Waals surface area contributed by atoms with Gasteiger partial charge in [0.15, 0.2) is 11.5 Å². The molecule has 1 heterocycles. The van der Waals surface area contributed by atoms with Gasteiger partial charge in [0.05, 0.1) is 20.1 Å². The first kappa shape index (κ1) is 23.3. The molecule has 32 heavy (non-hydrogen) atoms. The third kappa shape index (κ3) is 5.44. The minimum absolute atomic E-state index is 0.0153. The lowest BCUT2D eigenvalue weighted by atomic mass is 10.1. The highest BCUT2D eigenvalue weighted by Crippen LogP contribution is 2.36. The van der Waals surface area contributed by atoms with Crippen molar-refractivity contribution < 1.29 is 37.7 Å². The van der Waals surface area contributed by atoms with Crippen molar-refractivity contribution in [2.24, 2.45) is 5.92 Å². The highest BCUT2D eigenvalue weighted by Gasteiger charge is 2.35. The summed E-state index contributed by atoms with van der Waals surface area (Å²) < 4.78 is 42.9. The van der Waals surface area contributed by atoms with Crippen molar-refractivity contribution in [3.63, 3.8) is 0 Å². The molecule has 1 saturated heterocycles. The summed E-state index contributed by atoms with van der Waals surface area (Å²) in [5, 5.41) is 12.8. The van der Waals surface area contributed by atoms with E-state index in [0.29, 0.717) is 23.3 Å². The van der Waals surface area contributed by atoms with Gasteiger partial charge in [-0.05, 0) is 24.3 Å². The molecule has 2 amide bonds. The zero-order valence-corrected chi connectivity index (χ0v) is 17.6. The van der Waals surface area contributed by atoms with Crippen LogP contribution >= 0.6 is 0 Å². The second kappa shape index (κ2) is 10.3. The molecule has 0 bridgehead atoms. The number of rotatable bonds is 9. The summed E-state index contributed by atoms with van der Waals surface area (Å²) in [4.78, 5) is 25.9. The fraction of sp³-hybridized carbons (Fsp3) is 0.364. The minimum Gasteiger partial charge on any atom is -0.493 e. The van der Waals surface area contributed by atoms with E-state index in [1.54, 1.807) is 18.2 Å². The predicted molar refractivity (Wildman–Crippen MR) is 111 cm³/mol. The van der Waals surface area contributed by atoms with Crippen LogP contribution in [0.3, 0.4) is 0 Å². The van der Waals surface area contributed by atoms with Crippen molar-refractivity contribution in [2.75, 3.05) is 38.8 Å². The second-order valence-corrected chi connectivity index (χ2v) is 7.23. The van der Waals surface area contributed by atoms with E-state index in [1.807, 2.05) is 0 Å². The van der Waals surface area contributed by atoms with Crippen molar-refractivity contribution in [1.29, 1.82) is 0 Å². The number of benzene rings is 2. The van der Waals surface area contributed by atoms with Crippen LogP contribution in [-0.2, 0) is 9.59 Å². The number of nitrogens with one attached hydrogen (secondary N) is 1. The molecule has 0 aromatic heterocycles. The highest BCUT2D eigenvalue weighted by atomic mass is 19.1. The maximum absolute atomic E-state index is 13.5. The van der Waals surface area contributed by atoms with Crippen LogP contribution in [-0.4, -0.2) is 56.9 Å². The van der Waals surface area contributed by atoms with Crippen LogP contribution in [0.2, 0.25) is 0 Å². The molecular weight excluding hydrogens is 426 g/mol. The van der Waals surface area contributed by atoms with Gasteiger partial charge in [-0.25, -0.2) is 8.78 Å². The van der Waals surface area contributed by atoms with Crippen molar-refractivity contribution >= 4 is 17.5 Å². The number of halogens is 2. The number of hydrogen-bond donors (Lipinski definition) is 2. The maximum Gasteiger partial charge on any atom is 0.227 e. The smallest absolute Gasteiger partial charge is 0.227 e. The number of aliphatic hydroxyl groups is 1. The third-order valence-electron chi connectivity index (χ3n) is 4.97. The molecule has 2 aromatic carbocycles. The number of anilines is 1. The van der Waals surface area contributed by atoms with Crippen molar-refractivity contribution in [2.45, 2.75) is 12.5 Å². The van der Waals surface area contributed by atoms with Gasteiger partial charge in [0.2, 0.25) is 17.6 Å². The van der Waals surface area contributed by atoms with Crippen LogP contribution in [0.4, 0.5) is 14.5 Å². The summed E-state index contributed by atoms with van der Waals surface area (Å²) in [7, 11) is 2.95. The van der Waals surface area contributed by atoms with Gasteiger partial charge in [0.1, 0.15) is 24.3 Å². The van der Waals surface area contributed by atoms with Gasteiger partial charge in [-0.15, -0.1) is 0 Å². The molecule has 0 aliphatic carbocycles. The standard InChI is InChI=1S/C22H24F2N2O6/c1-30-18-4-3-5-19(31-2)21(18)32-12-17(27)10-25-22(29)13-6-20(28)26(11-13)16-8-14(23)7-15(24)9-16/h3-5,7-9,13,17,27H,6,10-12H2,1-2H3,(H,25,29). The van der Waals surface area contributed by atoms with E-state index >= 15 is 0 Å². The first-order chi connectivity index (χ1) is 15.3. The normalized spacial score (nSPS) is 16.6. The van der Waals surface area contributed by atoms with E-state index in [2.05, 4.69) is 5.32 Å². The van der Waals surface area contributed by atoms with E-state index in [-0.39, 0.29) is 31.8 Å². The molecule has 2 N–H and O–H groups in total. The summed E-state index contributed by atoms with van der Waals surface area (Å²) in [6.45, 7) is -0.274. The second-order valence-electron chi connectivity index (χ2n) is 7.23. The van der Waals surface area contributed by atoms with Crippen LogP contribution in [0.25, 0.3) is 0 Å². The Morgan fingerprint density at radius 2 is 1.81 bits per heavy atom. The Labute approximate surface area is 183 Å². The lowest BCUT2D eigenvalue weighted by Gasteiger charge is -2.18. The summed E-state index contributed by atoms with van der Waals surface area (Å²) in [6, 6.07) is 7.87. The Morgan fingerprint density at radius 3 is 2.41 bits per heavy atom. The van der Waals surface area contributed by atoms with Crippen LogP contribution in [0.1, 0.15) is 6.42 Å². The van der Waals surface area contributed by atoms with E-state index in [9.17, 15) is 23.5 Å². The zero-order valence-electron chi connectivity index (χ0n) is 17.6. The molecule has 2 aromatic rings. The van der Waals surface area contributed by atoms with E-state index in [0.717, 1.165) is 12.1 Å². The largest absolute Gasteiger partial charge is 0.493 e. The molecule has 172 valence electrons. The number of amides is 2. The Bertz CT molecular complexity index is 944. The molecule has 8 nitrogen and oxygen atoms in total. The summed E-state index contributed by atoms with van der Waals surface area (Å²) in [5.41, 5.74) is 0.0574. The molecule has 0 radical (unpaired) electrons. The number of nitrogens with zero attached hydrogens (tertiary/aromatic N) is 1. The van der Waals surface area contributed by atoms with Gasteiger partial charge >= 0.3 is 0 Å². The van der Waals surface area contributed by atoms with Gasteiger partial charge in [-0.3, -0.25) is 9.59 Å². The van der Waals surface area contributed by atoms with Crippen molar-refractivity contribution in [1.82, 2.24) is 5.32 Å². The summed E-state index contributed by atoms with van der Waals surface area (Å²) >= 11 is 0. The zero-order chi connectivity index (χ0) is 23.3. The van der Waals surface area contributed by atoms with E-state index < -0.39 is 35.5 Å². The molecule has 10 heteroatoms. The number of para-hydroxylation sites is 1. The predicted octanol–water partition coefficient (Wildman–Crippen LogP) is 1.89. The Balaban J connectivity index is 1.52. The highest BCUT2D eigenvalue weighted by molar-refractivity contribution is 6.00. The molecule has 0 saturated carbocycles. The molecular formula is C22H24F2N2O6. The van der Waals surface area contributed by atoms with Crippen molar-refractivity contribution in [3.8, 4) is 17.2 Å². The number of methoxy groups -OCH3 is 2. The Morgan fingerprint density at radius 1 is 1.19 bits per heavy atom. The SMILES string of the molecule is COc1cccc(OC)c1OCC(O)CNC(=O)C1CC(=O)N(c2cc(F)cc(F)c2)C1. The lowest BCUT2D eigenvalue weighted by Crippen LogP contribution is -2.39. The van der Waals surface area contributed by atoms with Gasteiger partial charge in [-0.1, -0.05) is 6.07 Å². The number of carbonyl (C=O) groups is 2. The maximum atomic E-state index is 13.5. The van der Waals surface area contributed by atoms with Gasteiger partial charge in [0.25, 0.3) is 0 Å². The first-order valence-electron chi connectivity index (χ1n) is 9.88. The van der Waals surface area contributed by atoms with Gasteiger partial charge in [-0.2, -0.15) is 0 Å². The fourth-order valence-corrected chi connectivity index (χ4v) is 3.39. The number of carbonyl (C=O) groups excluding carboxylic acids is 2. The average Bonchev–Trinajstić information content (AvgIpc) is 3.16. The molecule has 1 fully saturated rings. The fourth-order valence-electron chi connectivity index (χ4n) is 3.39. The van der Waals surface area contributed by atoms with Gasteiger partial charge in [0, 0.05) is 31.3 Å². The lowest BCUT2D eigenvalue weighted by molar-refractivity contribution is -0.126. The molecule has 1 aliphatic heterocycles.